The van der Waals surface area contributed by atoms with E-state index in [0.29, 0.717) is 6.04 Å². The molecule has 0 aliphatic carbocycles. The fraction of sp³-hybridized carbons (Fsp3) is 0.500. The van der Waals surface area contributed by atoms with Gasteiger partial charge in [-0.1, -0.05) is 25.1 Å². The Morgan fingerprint density at radius 1 is 1.36 bits per heavy atom. The molecule has 1 aromatic rings. The minimum Gasteiger partial charge on any atom is -0.382 e. The SMILES string of the molecule is CCc1ccccc1NC(C)CCN. The Morgan fingerprint density at radius 3 is 2.71 bits per heavy atom. The van der Waals surface area contributed by atoms with Crippen molar-refractivity contribution < 1.29 is 0 Å². The van der Waals surface area contributed by atoms with Gasteiger partial charge in [-0.25, -0.2) is 0 Å². The van der Waals surface area contributed by atoms with Crippen molar-refractivity contribution in [1.29, 1.82) is 0 Å². The summed E-state index contributed by atoms with van der Waals surface area (Å²) in [6.45, 7) is 5.08. The molecule has 2 heteroatoms. The summed E-state index contributed by atoms with van der Waals surface area (Å²) in [5.41, 5.74) is 8.13. The van der Waals surface area contributed by atoms with Gasteiger partial charge in [0.2, 0.25) is 0 Å². The van der Waals surface area contributed by atoms with E-state index in [0.717, 1.165) is 19.4 Å². The van der Waals surface area contributed by atoms with Crippen LogP contribution in [0.5, 0.6) is 0 Å². The van der Waals surface area contributed by atoms with Crippen molar-refractivity contribution in [2.75, 3.05) is 11.9 Å². The van der Waals surface area contributed by atoms with E-state index in [1.54, 1.807) is 0 Å². The number of nitrogens with two attached hydrogens (primary N) is 1. The lowest BCUT2D eigenvalue weighted by molar-refractivity contribution is 0.715. The molecule has 78 valence electrons. The molecule has 0 spiro atoms. The number of rotatable bonds is 5. The summed E-state index contributed by atoms with van der Waals surface area (Å²) in [4.78, 5) is 0. The second-order valence-electron chi connectivity index (χ2n) is 3.63. The Hall–Kier alpha value is -1.02. The number of para-hydroxylation sites is 1. The first kappa shape index (κ1) is 11.1. The minimum atomic E-state index is 0.452. The Balaban J connectivity index is 2.65. The Morgan fingerprint density at radius 2 is 2.07 bits per heavy atom. The summed E-state index contributed by atoms with van der Waals surface area (Å²) in [6.07, 6.45) is 2.08. The lowest BCUT2D eigenvalue weighted by Gasteiger charge is -2.16. The van der Waals surface area contributed by atoms with Gasteiger partial charge in [-0.05, 0) is 37.9 Å². The van der Waals surface area contributed by atoms with Crippen molar-refractivity contribution >= 4 is 5.69 Å². The molecule has 1 atom stereocenters. The van der Waals surface area contributed by atoms with Crippen molar-refractivity contribution in [2.45, 2.75) is 32.7 Å². The molecule has 0 aliphatic rings. The topological polar surface area (TPSA) is 38.0 Å². The first-order valence-electron chi connectivity index (χ1n) is 5.32. The minimum absolute atomic E-state index is 0.452. The van der Waals surface area contributed by atoms with Gasteiger partial charge in [0.15, 0.2) is 0 Å². The lowest BCUT2D eigenvalue weighted by atomic mass is 10.1. The van der Waals surface area contributed by atoms with E-state index in [2.05, 4.69) is 43.4 Å². The van der Waals surface area contributed by atoms with Crippen LogP contribution in [0.4, 0.5) is 5.69 Å². The molecular formula is C12H20N2. The Labute approximate surface area is 86.5 Å². The van der Waals surface area contributed by atoms with Gasteiger partial charge in [0.25, 0.3) is 0 Å². The maximum absolute atomic E-state index is 5.51. The van der Waals surface area contributed by atoms with Gasteiger partial charge in [-0.15, -0.1) is 0 Å². The van der Waals surface area contributed by atoms with Gasteiger partial charge in [0.05, 0.1) is 0 Å². The average molecular weight is 192 g/mol. The highest BCUT2D eigenvalue weighted by molar-refractivity contribution is 5.51. The van der Waals surface area contributed by atoms with E-state index in [-0.39, 0.29) is 0 Å². The third-order valence-electron chi connectivity index (χ3n) is 2.40. The quantitative estimate of drug-likeness (QED) is 0.751. The van der Waals surface area contributed by atoms with Gasteiger partial charge in [-0.2, -0.15) is 0 Å². The van der Waals surface area contributed by atoms with Crippen molar-refractivity contribution in [3.8, 4) is 0 Å². The monoisotopic (exact) mass is 192 g/mol. The van der Waals surface area contributed by atoms with Crippen molar-refractivity contribution in [1.82, 2.24) is 0 Å². The molecule has 0 fully saturated rings. The summed E-state index contributed by atoms with van der Waals surface area (Å²) < 4.78 is 0. The van der Waals surface area contributed by atoms with E-state index in [9.17, 15) is 0 Å². The van der Waals surface area contributed by atoms with Crippen LogP contribution < -0.4 is 11.1 Å². The molecular weight excluding hydrogens is 172 g/mol. The smallest absolute Gasteiger partial charge is 0.0374 e. The molecule has 1 rings (SSSR count). The van der Waals surface area contributed by atoms with Crippen LogP contribution in [0.3, 0.4) is 0 Å². The zero-order valence-corrected chi connectivity index (χ0v) is 9.09. The van der Waals surface area contributed by atoms with Crippen LogP contribution in [0.2, 0.25) is 0 Å². The highest BCUT2D eigenvalue weighted by Gasteiger charge is 2.03. The van der Waals surface area contributed by atoms with E-state index in [1.807, 2.05) is 0 Å². The normalized spacial score (nSPS) is 12.5. The largest absolute Gasteiger partial charge is 0.382 e. The summed E-state index contributed by atoms with van der Waals surface area (Å²) in [5, 5.41) is 3.48. The zero-order chi connectivity index (χ0) is 10.4. The van der Waals surface area contributed by atoms with E-state index in [4.69, 9.17) is 5.73 Å². The van der Waals surface area contributed by atoms with Crippen molar-refractivity contribution in [3.05, 3.63) is 29.8 Å². The van der Waals surface area contributed by atoms with Gasteiger partial charge in [-0.3, -0.25) is 0 Å². The number of aryl methyl sites for hydroxylation is 1. The molecule has 0 radical (unpaired) electrons. The van der Waals surface area contributed by atoms with Crippen LogP contribution in [0, 0.1) is 0 Å². The molecule has 0 bridgehead atoms. The number of nitrogens with one attached hydrogen (secondary N) is 1. The van der Waals surface area contributed by atoms with Crippen LogP contribution in [0.15, 0.2) is 24.3 Å². The maximum atomic E-state index is 5.51. The van der Waals surface area contributed by atoms with Crippen molar-refractivity contribution in [2.24, 2.45) is 5.73 Å². The molecule has 0 saturated heterocycles. The molecule has 1 aromatic carbocycles. The van der Waals surface area contributed by atoms with Crippen LogP contribution >= 0.6 is 0 Å². The number of hydrogen-bond donors (Lipinski definition) is 2. The van der Waals surface area contributed by atoms with Gasteiger partial charge < -0.3 is 11.1 Å². The summed E-state index contributed by atoms with van der Waals surface area (Å²) in [6, 6.07) is 8.89. The number of hydrogen-bond acceptors (Lipinski definition) is 2. The maximum Gasteiger partial charge on any atom is 0.0374 e. The summed E-state index contributed by atoms with van der Waals surface area (Å²) in [5.74, 6) is 0. The zero-order valence-electron chi connectivity index (χ0n) is 9.09. The van der Waals surface area contributed by atoms with Gasteiger partial charge >= 0.3 is 0 Å². The third-order valence-corrected chi connectivity index (χ3v) is 2.40. The molecule has 2 nitrogen and oxygen atoms in total. The van der Waals surface area contributed by atoms with E-state index >= 15 is 0 Å². The highest BCUT2D eigenvalue weighted by atomic mass is 14.9. The first-order valence-corrected chi connectivity index (χ1v) is 5.32. The molecule has 3 N–H and O–H groups in total. The molecule has 0 saturated carbocycles. The standard InChI is InChI=1S/C12H20N2/c1-3-11-6-4-5-7-12(11)14-10(2)8-9-13/h4-7,10,14H,3,8-9,13H2,1-2H3. The Kier molecular flexibility index (Phi) is 4.47. The second kappa shape index (κ2) is 5.66. The Bertz CT molecular complexity index is 271. The second-order valence-corrected chi connectivity index (χ2v) is 3.63. The highest BCUT2D eigenvalue weighted by Crippen LogP contribution is 2.16. The lowest BCUT2D eigenvalue weighted by Crippen LogP contribution is -2.20. The van der Waals surface area contributed by atoms with E-state index in [1.165, 1.54) is 11.3 Å². The molecule has 0 amide bonds. The predicted octanol–water partition coefficient (Wildman–Crippen LogP) is 2.40. The molecule has 14 heavy (non-hydrogen) atoms. The fourth-order valence-electron chi connectivity index (χ4n) is 1.56. The molecule has 1 unspecified atom stereocenters. The van der Waals surface area contributed by atoms with Crippen LogP contribution in [-0.4, -0.2) is 12.6 Å². The molecule has 0 aliphatic heterocycles. The van der Waals surface area contributed by atoms with Gasteiger partial charge in [0.1, 0.15) is 0 Å². The fourth-order valence-corrected chi connectivity index (χ4v) is 1.56. The predicted molar refractivity (Wildman–Crippen MR) is 62.6 cm³/mol. The van der Waals surface area contributed by atoms with Crippen LogP contribution in [0.1, 0.15) is 25.8 Å². The van der Waals surface area contributed by atoms with Crippen molar-refractivity contribution in [3.63, 3.8) is 0 Å². The van der Waals surface area contributed by atoms with Crippen LogP contribution in [0.25, 0.3) is 0 Å². The summed E-state index contributed by atoms with van der Waals surface area (Å²) >= 11 is 0. The average Bonchev–Trinajstić information content (AvgIpc) is 2.19. The third kappa shape index (κ3) is 3.04. The first-order chi connectivity index (χ1) is 6.77. The van der Waals surface area contributed by atoms with Gasteiger partial charge in [0, 0.05) is 11.7 Å². The summed E-state index contributed by atoms with van der Waals surface area (Å²) in [7, 11) is 0. The molecule has 0 heterocycles. The number of anilines is 1. The number of benzene rings is 1. The van der Waals surface area contributed by atoms with E-state index < -0.39 is 0 Å². The van der Waals surface area contributed by atoms with Crippen LogP contribution in [-0.2, 0) is 6.42 Å². The molecule has 0 aromatic heterocycles.